The smallest absolute Gasteiger partial charge is 0.411 e. The van der Waals surface area contributed by atoms with Crippen LogP contribution in [0.1, 0.15) is 77.4 Å². The summed E-state index contributed by atoms with van der Waals surface area (Å²) in [4.78, 5) is 56.3. The molecule has 0 aliphatic heterocycles. The van der Waals surface area contributed by atoms with Gasteiger partial charge in [-0.15, -0.1) is 11.3 Å². The number of hydrogen-bond donors (Lipinski definition) is 6. The average Bonchev–Trinajstić information content (AvgIpc) is 3.26. The summed E-state index contributed by atoms with van der Waals surface area (Å²) >= 11 is 1.42. The van der Waals surface area contributed by atoms with Crippen LogP contribution in [0.15, 0.2) is 24.3 Å². The van der Waals surface area contributed by atoms with Crippen LogP contribution in [0.2, 0.25) is 0 Å². The molecule has 1 heterocycles. The van der Waals surface area contributed by atoms with Gasteiger partial charge < -0.3 is 31.1 Å². The molecule has 6 N–H and O–H groups in total. The molecular formula is C31H49N7O6S. The molecule has 1 aromatic carbocycles. The summed E-state index contributed by atoms with van der Waals surface area (Å²) in [5.74, 6) is -1.82. The van der Waals surface area contributed by atoms with Crippen LogP contribution in [0, 0.1) is 5.41 Å². The van der Waals surface area contributed by atoms with Gasteiger partial charge in [-0.05, 0) is 64.3 Å². The second-order valence-corrected chi connectivity index (χ2v) is 14.2. The Labute approximate surface area is 269 Å². The van der Waals surface area contributed by atoms with Crippen LogP contribution in [0.25, 0.3) is 0 Å². The first kappa shape index (κ1) is 37.3. The fraction of sp³-hybridized carbons (Fsp3) is 0.581. The lowest BCUT2D eigenvalue weighted by atomic mass is 9.82. The molecule has 0 fully saturated rings. The Kier molecular flexibility index (Phi) is 12.7. The first-order chi connectivity index (χ1) is 20.8. The van der Waals surface area contributed by atoms with E-state index >= 15 is 0 Å². The number of aryl methyl sites for hydroxylation is 2. The second-order valence-electron chi connectivity index (χ2n) is 13.1. The Balaban J connectivity index is 2.24. The minimum Gasteiger partial charge on any atom is -0.465 e. The molecule has 13 nitrogen and oxygen atoms in total. The molecule has 1 unspecified atom stereocenters. The summed E-state index contributed by atoms with van der Waals surface area (Å²) in [6.07, 6.45) is -0.200. The fourth-order valence-electron chi connectivity index (χ4n) is 4.88. The maximum atomic E-state index is 12.5. The summed E-state index contributed by atoms with van der Waals surface area (Å²) in [6, 6.07) is 7.39. The van der Waals surface area contributed by atoms with E-state index in [9.17, 15) is 29.4 Å². The van der Waals surface area contributed by atoms with E-state index in [1.165, 1.54) is 18.3 Å². The van der Waals surface area contributed by atoms with Gasteiger partial charge in [-0.1, -0.05) is 32.9 Å². The third-order valence-corrected chi connectivity index (χ3v) is 8.10. The maximum Gasteiger partial charge on any atom is 0.411 e. The molecule has 2 aromatic rings. The van der Waals surface area contributed by atoms with Crippen molar-refractivity contribution in [2.75, 3.05) is 31.3 Å². The summed E-state index contributed by atoms with van der Waals surface area (Å²) in [6.45, 7) is 13.1. The van der Waals surface area contributed by atoms with E-state index in [1.807, 2.05) is 12.1 Å². The lowest BCUT2D eigenvalue weighted by molar-refractivity contribution is -0.128. The van der Waals surface area contributed by atoms with Gasteiger partial charge in [0.1, 0.15) is 0 Å². The van der Waals surface area contributed by atoms with Gasteiger partial charge in [0.15, 0.2) is 5.13 Å². The molecular weight excluding hydrogens is 598 g/mol. The molecule has 2 rings (SSSR count). The maximum absolute atomic E-state index is 12.5. The molecule has 0 aliphatic rings. The highest BCUT2D eigenvalue weighted by atomic mass is 32.1. The average molecular weight is 648 g/mol. The van der Waals surface area contributed by atoms with Gasteiger partial charge >= 0.3 is 12.2 Å². The molecule has 0 aliphatic carbocycles. The molecule has 0 radical (unpaired) electrons. The Bertz CT molecular complexity index is 1330. The Morgan fingerprint density at radius 2 is 1.58 bits per heavy atom. The van der Waals surface area contributed by atoms with Gasteiger partial charge in [-0.25, -0.2) is 14.6 Å². The Hall–Kier alpha value is -3.91. The van der Waals surface area contributed by atoms with Gasteiger partial charge in [-0.2, -0.15) is 0 Å². The number of thiazole rings is 1. The number of carboxylic acid groups (broad SMARTS) is 2. The summed E-state index contributed by atoms with van der Waals surface area (Å²) < 4.78 is 0. The number of benzene rings is 1. The van der Waals surface area contributed by atoms with E-state index in [0.717, 1.165) is 21.0 Å². The number of carbonyl (C=O) groups is 4. The van der Waals surface area contributed by atoms with Crippen molar-refractivity contribution in [2.45, 2.75) is 92.0 Å². The van der Waals surface area contributed by atoms with Gasteiger partial charge in [0, 0.05) is 55.5 Å². The molecule has 4 amide bonds. The van der Waals surface area contributed by atoms with Crippen LogP contribution < -0.4 is 21.3 Å². The molecule has 0 saturated heterocycles. The van der Waals surface area contributed by atoms with Crippen molar-refractivity contribution in [3.05, 3.63) is 40.4 Å². The van der Waals surface area contributed by atoms with Crippen molar-refractivity contribution in [3.8, 4) is 0 Å². The predicted octanol–water partition coefficient (Wildman–Crippen LogP) is 5.00. The van der Waals surface area contributed by atoms with Gasteiger partial charge in [-0.3, -0.25) is 19.8 Å². The number of nitrogens with one attached hydrogen (secondary N) is 4. The van der Waals surface area contributed by atoms with Crippen molar-refractivity contribution in [1.29, 1.82) is 0 Å². The zero-order valence-electron chi connectivity index (χ0n) is 27.8. The van der Waals surface area contributed by atoms with Crippen LogP contribution in [0.5, 0.6) is 0 Å². The van der Waals surface area contributed by atoms with Crippen molar-refractivity contribution >= 4 is 46.2 Å². The second kappa shape index (κ2) is 15.4. The molecule has 250 valence electrons. The van der Waals surface area contributed by atoms with Gasteiger partial charge in [0.2, 0.25) is 17.6 Å². The number of hydrogen-bond acceptors (Lipinski definition) is 8. The number of rotatable bonds is 14. The minimum atomic E-state index is -1.70. The third kappa shape index (κ3) is 10.6. The summed E-state index contributed by atoms with van der Waals surface area (Å²) in [5.41, 5.74) is 0.543. The molecule has 0 spiro atoms. The van der Waals surface area contributed by atoms with Crippen molar-refractivity contribution in [2.24, 2.45) is 5.41 Å². The molecule has 0 bridgehead atoms. The van der Waals surface area contributed by atoms with E-state index in [0.29, 0.717) is 49.6 Å². The van der Waals surface area contributed by atoms with Crippen LogP contribution in [-0.2, 0) is 29.0 Å². The van der Waals surface area contributed by atoms with Gasteiger partial charge in [0.05, 0.1) is 5.69 Å². The number of aromatic nitrogens is 1. The van der Waals surface area contributed by atoms with E-state index in [-0.39, 0.29) is 11.8 Å². The van der Waals surface area contributed by atoms with E-state index in [2.05, 4.69) is 26.3 Å². The predicted molar refractivity (Wildman–Crippen MR) is 176 cm³/mol. The largest absolute Gasteiger partial charge is 0.465 e. The highest BCUT2D eigenvalue weighted by molar-refractivity contribution is 7.15. The summed E-state index contributed by atoms with van der Waals surface area (Å²) in [5, 5.41) is 32.3. The van der Waals surface area contributed by atoms with Gasteiger partial charge in [0.25, 0.3) is 0 Å². The van der Waals surface area contributed by atoms with Crippen molar-refractivity contribution < 1.29 is 29.4 Å². The Morgan fingerprint density at radius 1 is 0.956 bits per heavy atom. The first-order valence-corrected chi connectivity index (χ1v) is 15.7. The topological polar surface area (TPSA) is 176 Å². The van der Waals surface area contributed by atoms with Crippen LogP contribution >= 0.6 is 11.3 Å². The highest BCUT2D eigenvalue weighted by Crippen LogP contribution is 2.39. The first-order valence-electron chi connectivity index (χ1n) is 14.9. The third-order valence-electron chi connectivity index (χ3n) is 7.09. The van der Waals surface area contributed by atoms with E-state index < -0.39 is 28.9 Å². The number of carbonyl (C=O) groups excluding carboxylic acids is 2. The van der Waals surface area contributed by atoms with Crippen molar-refractivity contribution in [3.63, 3.8) is 0 Å². The normalized spacial score (nSPS) is 13.0. The zero-order valence-corrected chi connectivity index (χ0v) is 28.6. The monoisotopic (exact) mass is 647 g/mol. The number of anilines is 2. The van der Waals surface area contributed by atoms with Crippen LogP contribution in [-0.4, -0.2) is 81.0 Å². The standard InChI is InChI=1S/C31H49N7O6S/c1-20(39)33-26-34-23(24(45-26)19-32-18-10-11-25(40)37(8)9)17-14-21-12-15-22(16-13-21)35-31(29(2,3)4,36-27(41)42)38(28(43)44)30(5,6)7/h12-13,15-16,32,35-36H,10-11,14,17-19H2,1-9H3,(H,41,42)(H,43,44)(H,33,34,39). The SMILES string of the molecule is CC(=O)Nc1nc(CCc2ccc(NC(NC(=O)O)(N(C(=O)O)C(C)(C)C)C(C)(C)C)cc2)c(CNCCCC(=O)N(C)C)s1. The minimum absolute atomic E-state index is 0.0834. The Morgan fingerprint density at radius 3 is 2.07 bits per heavy atom. The zero-order chi connectivity index (χ0) is 34.2. The van der Waals surface area contributed by atoms with Crippen LogP contribution in [0.3, 0.4) is 0 Å². The number of amides is 4. The van der Waals surface area contributed by atoms with E-state index in [1.54, 1.807) is 72.7 Å². The molecule has 1 atom stereocenters. The van der Waals surface area contributed by atoms with Crippen LogP contribution in [0.4, 0.5) is 20.4 Å². The molecule has 0 saturated carbocycles. The molecule has 1 aromatic heterocycles. The lowest BCUT2D eigenvalue weighted by Crippen LogP contribution is -2.76. The van der Waals surface area contributed by atoms with Crippen molar-refractivity contribution in [1.82, 2.24) is 25.4 Å². The summed E-state index contributed by atoms with van der Waals surface area (Å²) in [7, 11) is 3.48. The molecule has 45 heavy (non-hydrogen) atoms. The van der Waals surface area contributed by atoms with E-state index in [4.69, 9.17) is 0 Å². The quantitative estimate of drug-likeness (QED) is 0.122. The number of nitrogens with zero attached hydrogens (tertiary/aromatic N) is 3. The fourth-order valence-corrected chi connectivity index (χ4v) is 5.90. The highest BCUT2D eigenvalue weighted by Gasteiger charge is 2.54. The molecule has 14 heteroatoms. The lowest BCUT2D eigenvalue weighted by Gasteiger charge is -2.55.